The first kappa shape index (κ1) is 16.6. The quantitative estimate of drug-likeness (QED) is 0.539. The molecule has 1 aromatic carbocycles. The van der Waals surface area contributed by atoms with E-state index >= 15 is 0 Å². The molecule has 8 nitrogen and oxygen atoms in total. The lowest BCUT2D eigenvalue weighted by molar-refractivity contribution is -0.140. The number of fused-ring (bicyclic) bond motifs is 1. The first-order chi connectivity index (χ1) is 12.0. The summed E-state index contributed by atoms with van der Waals surface area (Å²) < 4.78 is 11.9. The number of methoxy groups -OCH3 is 1. The Bertz CT molecular complexity index is 941. The first-order valence-corrected chi connectivity index (χ1v) is 7.65. The standard InChI is InChI=1S/C17H18N4O4/c1-21-9-12(14-8-10-7-11(18)3-4-13(10)25-14)20-16(21)17(23)19-6-5-15(22)24-2/h3-4,7-9H,5-6,18H2,1-2H3,(H,19,23). The zero-order chi connectivity index (χ0) is 18.0. The molecule has 0 radical (unpaired) electrons. The van der Waals surface area contributed by atoms with Gasteiger partial charge in [0.1, 0.15) is 11.3 Å². The summed E-state index contributed by atoms with van der Waals surface area (Å²) in [5, 5.41) is 3.50. The van der Waals surface area contributed by atoms with Gasteiger partial charge in [-0.25, -0.2) is 4.98 Å². The predicted molar refractivity (Wildman–Crippen MR) is 91.8 cm³/mol. The molecule has 1 amide bonds. The minimum Gasteiger partial charge on any atom is -0.469 e. The fourth-order valence-corrected chi connectivity index (χ4v) is 2.44. The average Bonchev–Trinajstić information content (AvgIpc) is 3.17. The number of nitrogens with two attached hydrogens (primary N) is 1. The summed E-state index contributed by atoms with van der Waals surface area (Å²) in [5.41, 5.74) is 7.65. The van der Waals surface area contributed by atoms with Crippen LogP contribution in [0.3, 0.4) is 0 Å². The summed E-state index contributed by atoms with van der Waals surface area (Å²) in [7, 11) is 3.02. The van der Waals surface area contributed by atoms with Gasteiger partial charge in [0.15, 0.2) is 11.6 Å². The molecule has 0 spiro atoms. The lowest BCUT2D eigenvalue weighted by Gasteiger charge is -2.03. The monoisotopic (exact) mass is 342 g/mol. The Morgan fingerprint density at radius 2 is 2.16 bits per heavy atom. The van der Waals surface area contributed by atoms with Gasteiger partial charge in [-0.05, 0) is 24.3 Å². The third kappa shape index (κ3) is 3.47. The third-order valence-electron chi connectivity index (χ3n) is 3.71. The molecule has 3 N–H and O–H groups in total. The second kappa shape index (κ2) is 6.68. The number of hydrogen-bond donors (Lipinski definition) is 2. The number of nitrogen functional groups attached to an aromatic ring is 1. The molecular weight excluding hydrogens is 324 g/mol. The molecule has 0 fully saturated rings. The van der Waals surface area contributed by atoms with Crippen LogP contribution in [0.2, 0.25) is 0 Å². The van der Waals surface area contributed by atoms with E-state index in [0.29, 0.717) is 22.7 Å². The van der Waals surface area contributed by atoms with Gasteiger partial charge in [0.25, 0.3) is 5.91 Å². The number of ether oxygens (including phenoxy) is 1. The van der Waals surface area contributed by atoms with E-state index in [1.54, 1.807) is 29.9 Å². The number of carbonyl (C=O) groups excluding carboxylic acids is 2. The highest BCUT2D eigenvalue weighted by Gasteiger charge is 2.17. The van der Waals surface area contributed by atoms with E-state index in [2.05, 4.69) is 15.0 Å². The number of anilines is 1. The summed E-state index contributed by atoms with van der Waals surface area (Å²) in [5.74, 6) is 0.00466. The van der Waals surface area contributed by atoms with Crippen molar-refractivity contribution in [1.82, 2.24) is 14.9 Å². The summed E-state index contributed by atoms with van der Waals surface area (Å²) in [6, 6.07) is 7.18. The van der Waals surface area contributed by atoms with Crippen molar-refractivity contribution >= 4 is 28.5 Å². The largest absolute Gasteiger partial charge is 0.469 e. The molecule has 0 aliphatic carbocycles. The Morgan fingerprint density at radius 3 is 2.92 bits per heavy atom. The van der Waals surface area contributed by atoms with Gasteiger partial charge in [0.05, 0.1) is 13.5 Å². The van der Waals surface area contributed by atoms with Crippen LogP contribution in [0.1, 0.15) is 17.0 Å². The van der Waals surface area contributed by atoms with Crippen LogP contribution in [0, 0.1) is 0 Å². The summed E-state index contributed by atoms with van der Waals surface area (Å²) in [6.07, 6.45) is 1.81. The number of rotatable bonds is 5. The average molecular weight is 342 g/mol. The Hall–Kier alpha value is -3.29. The van der Waals surface area contributed by atoms with Crippen molar-refractivity contribution in [2.24, 2.45) is 7.05 Å². The Labute approximate surface area is 143 Å². The number of aryl methyl sites for hydroxylation is 1. The van der Waals surface area contributed by atoms with Gasteiger partial charge < -0.3 is 24.8 Å². The van der Waals surface area contributed by atoms with Gasteiger partial charge >= 0.3 is 5.97 Å². The Balaban J connectivity index is 1.79. The zero-order valence-electron chi connectivity index (χ0n) is 13.9. The zero-order valence-corrected chi connectivity index (χ0v) is 13.9. The van der Waals surface area contributed by atoms with Crippen LogP contribution in [0.4, 0.5) is 5.69 Å². The topological polar surface area (TPSA) is 112 Å². The molecule has 130 valence electrons. The Kier molecular flexibility index (Phi) is 4.42. The van der Waals surface area contributed by atoms with E-state index in [-0.39, 0.29) is 30.7 Å². The van der Waals surface area contributed by atoms with Crippen molar-refractivity contribution in [2.45, 2.75) is 6.42 Å². The highest BCUT2D eigenvalue weighted by Crippen LogP contribution is 2.28. The maximum Gasteiger partial charge on any atom is 0.307 e. The molecule has 0 bridgehead atoms. The van der Waals surface area contributed by atoms with Crippen LogP contribution in [-0.2, 0) is 16.6 Å². The van der Waals surface area contributed by atoms with E-state index in [1.165, 1.54) is 7.11 Å². The number of furan rings is 1. The smallest absolute Gasteiger partial charge is 0.307 e. The van der Waals surface area contributed by atoms with Crippen molar-refractivity contribution in [2.75, 3.05) is 19.4 Å². The molecule has 3 aromatic rings. The van der Waals surface area contributed by atoms with Crippen molar-refractivity contribution in [3.8, 4) is 11.5 Å². The van der Waals surface area contributed by atoms with Crippen LogP contribution in [0.5, 0.6) is 0 Å². The highest BCUT2D eigenvalue weighted by molar-refractivity contribution is 5.92. The lowest BCUT2D eigenvalue weighted by Crippen LogP contribution is -2.28. The fraction of sp³-hybridized carbons (Fsp3) is 0.235. The maximum atomic E-state index is 12.2. The number of nitrogens with one attached hydrogen (secondary N) is 1. The fourth-order valence-electron chi connectivity index (χ4n) is 2.44. The van der Waals surface area contributed by atoms with E-state index in [4.69, 9.17) is 10.2 Å². The minimum absolute atomic E-state index is 0.102. The number of imidazole rings is 1. The van der Waals surface area contributed by atoms with Crippen molar-refractivity contribution in [3.05, 3.63) is 36.3 Å². The van der Waals surface area contributed by atoms with Crippen LogP contribution in [-0.4, -0.2) is 35.1 Å². The predicted octanol–water partition coefficient (Wildman–Crippen LogP) is 1.71. The normalized spacial score (nSPS) is 10.8. The Morgan fingerprint density at radius 1 is 1.36 bits per heavy atom. The third-order valence-corrected chi connectivity index (χ3v) is 3.71. The number of benzene rings is 1. The molecule has 0 aliphatic heterocycles. The van der Waals surface area contributed by atoms with Crippen LogP contribution < -0.4 is 11.1 Å². The second-order valence-corrected chi connectivity index (χ2v) is 5.55. The number of aromatic nitrogens is 2. The van der Waals surface area contributed by atoms with Gasteiger partial charge in [0.2, 0.25) is 0 Å². The number of carbonyl (C=O) groups is 2. The van der Waals surface area contributed by atoms with Crippen LogP contribution in [0.25, 0.3) is 22.4 Å². The maximum absolute atomic E-state index is 12.2. The van der Waals surface area contributed by atoms with Gasteiger partial charge in [-0.2, -0.15) is 0 Å². The van der Waals surface area contributed by atoms with E-state index in [0.717, 1.165) is 5.39 Å². The van der Waals surface area contributed by atoms with Crippen LogP contribution in [0.15, 0.2) is 34.9 Å². The van der Waals surface area contributed by atoms with Gasteiger partial charge in [0, 0.05) is 30.9 Å². The van der Waals surface area contributed by atoms with Gasteiger partial charge in [-0.1, -0.05) is 0 Å². The SMILES string of the molecule is COC(=O)CCNC(=O)c1nc(-c2cc3cc(N)ccc3o2)cn1C. The second-order valence-electron chi connectivity index (χ2n) is 5.55. The lowest BCUT2D eigenvalue weighted by atomic mass is 10.2. The van der Waals surface area contributed by atoms with Crippen molar-refractivity contribution < 1.29 is 18.7 Å². The molecule has 2 heterocycles. The van der Waals surface area contributed by atoms with Crippen molar-refractivity contribution in [1.29, 1.82) is 0 Å². The highest BCUT2D eigenvalue weighted by atomic mass is 16.5. The molecule has 0 saturated carbocycles. The van der Waals surface area contributed by atoms with Crippen molar-refractivity contribution in [3.63, 3.8) is 0 Å². The van der Waals surface area contributed by atoms with Gasteiger partial charge in [-0.15, -0.1) is 0 Å². The number of amides is 1. The summed E-state index contributed by atoms with van der Waals surface area (Å²) >= 11 is 0. The summed E-state index contributed by atoms with van der Waals surface area (Å²) in [4.78, 5) is 27.6. The number of esters is 1. The molecule has 3 rings (SSSR count). The molecule has 0 atom stereocenters. The van der Waals surface area contributed by atoms with E-state index in [1.807, 2.05) is 12.1 Å². The molecule has 0 aliphatic rings. The molecule has 8 heteroatoms. The van der Waals surface area contributed by atoms with E-state index in [9.17, 15) is 9.59 Å². The van der Waals surface area contributed by atoms with Gasteiger partial charge in [-0.3, -0.25) is 9.59 Å². The minimum atomic E-state index is -0.387. The van der Waals surface area contributed by atoms with E-state index < -0.39 is 0 Å². The van der Waals surface area contributed by atoms with Crippen LogP contribution >= 0.6 is 0 Å². The molecular formula is C17H18N4O4. The summed E-state index contributed by atoms with van der Waals surface area (Å²) in [6.45, 7) is 0.178. The molecule has 0 unspecified atom stereocenters. The molecule has 0 saturated heterocycles. The first-order valence-electron chi connectivity index (χ1n) is 7.65. The molecule has 2 aromatic heterocycles. The number of hydrogen-bond acceptors (Lipinski definition) is 6. The molecule has 25 heavy (non-hydrogen) atoms. The number of nitrogens with zero attached hydrogens (tertiary/aromatic N) is 2.